The second kappa shape index (κ2) is 7.82. The number of hydrogen-bond donors (Lipinski definition) is 1. The second-order valence-corrected chi connectivity index (χ2v) is 9.75. The zero-order chi connectivity index (χ0) is 18.8. The SMILES string of the molecule is CCc1cc(C#N)c(NC(=O)c2cc(S(=O)(=O)N(C)C)ccc2I)s1. The average molecular weight is 489 g/mol. The van der Waals surface area contributed by atoms with Gasteiger partial charge in [-0.3, -0.25) is 4.79 Å². The van der Waals surface area contributed by atoms with Crippen molar-refractivity contribution in [2.75, 3.05) is 19.4 Å². The number of sulfonamides is 1. The number of anilines is 1. The van der Waals surface area contributed by atoms with E-state index in [-0.39, 0.29) is 10.5 Å². The summed E-state index contributed by atoms with van der Waals surface area (Å²) in [6.07, 6.45) is 0.767. The van der Waals surface area contributed by atoms with Crippen molar-refractivity contribution in [3.8, 4) is 6.07 Å². The molecule has 0 saturated carbocycles. The smallest absolute Gasteiger partial charge is 0.257 e. The molecule has 0 spiro atoms. The van der Waals surface area contributed by atoms with Crippen molar-refractivity contribution in [1.29, 1.82) is 5.26 Å². The highest BCUT2D eigenvalue weighted by Crippen LogP contribution is 2.29. The average Bonchev–Trinajstić information content (AvgIpc) is 2.96. The molecular weight excluding hydrogens is 473 g/mol. The van der Waals surface area contributed by atoms with Crippen LogP contribution in [0.15, 0.2) is 29.2 Å². The fourth-order valence-corrected chi connectivity index (χ4v) is 4.46. The van der Waals surface area contributed by atoms with Crippen LogP contribution in [-0.4, -0.2) is 32.7 Å². The first-order valence-corrected chi connectivity index (χ1v) is 10.6. The largest absolute Gasteiger partial charge is 0.312 e. The number of benzene rings is 1. The van der Waals surface area contributed by atoms with Crippen LogP contribution >= 0.6 is 33.9 Å². The Kier molecular flexibility index (Phi) is 6.21. The standard InChI is InChI=1S/C16H16IN3O3S2/c1-4-11-7-10(9-18)16(24-11)19-15(21)13-8-12(5-6-14(13)17)25(22,23)20(2)3/h5-8H,4H2,1-3H3,(H,19,21). The van der Waals surface area contributed by atoms with Crippen LogP contribution in [0.4, 0.5) is 5.00 Å². The topological polar surface area (TPSA) is 90.3 Å². The Morgan fingerprint density at radius 2 is 2.04 bits per heavy atom. The summed E-state index contributed by atoms with van der Waals surface area (Å²) in [6.45, 7) is 1.97. The van der Waals surface area contributed by atoms with Crippen molar-refractivity contribution < 1.29 is 13.2 Å². The Bertz CT molecular complexity index is 959. The molecule has 0 saturated heterocycles. The van der Waals surface area contributed by atoms with E-state index >= 15 is 0 Å². The predicted molar refractivity (Wildman–Crippen MR) is 106 cm³/mol. The van der Waals surface area contributed by atoms with Gasteiger partial charge in [0.1, 0.15) is 11.1 Å². The minimum Gasteiger partial charge on any atom is -0.312 e. The van der Waals surface area contributed by atoms with Crippen LogP contribution in [0.25, 0.3) is 0 Å². The van der Waals surface area contributed by atoms with Gasteiger partial charge in [-0.15, -0.1) is 11.3 Å². The molecule has 0 atom stereocenters. The highest BCUT2D eigenvalue weighted by molar-refractivity contribution is 14.1. The molecule has 2 rings (SSSR count). The molecule has 0 aliphatic carbocycles. The second-order valence-electron chi connectivity index (χ2n) is 5.30. The van der Waals surface area contributed by atoms with Crippen LogP contribution < -0.4 is 5.32 Å². The van der Waals surface area contributed by atoms with Crippen molar-refractivity contribution >= 4 is 54.9 Å². The number of nitrogens with zero attached hydrogens (tertiary/aromatic N) is 2. The molecule has 0 unspecified atom stereocenters. The van der Waals surface area contributed by atoms with Crippen LogP contribution in [0.5, 0.6) is 0 Å². The monoisotopic (exact) mass is 489 g/mol. The number of rotatable bonds is 5. The van der Waals surface area contributed by atoms with E-state index in [0.717, 1.165) is 15.6 Å². The lowest BCUT2D eigenvalue weighted by molar-refractivity contribution is 0.102. The van der Waals surface area contributed by atoms with Gasteiger partial charge in [-0.05, 0) is 53.3 Å². The van der Waals surface area contributed by atoms with Gasteiger partial charge in [-0.1, -0.05) is 6.92 Å². The number of thiophene rings is 1. The van der Waals surface area contributed by atoms with Crippen LogP contribution in [-0.2, 0) is 16.4 Å². The first-order valence-electron chi connectivity index (χ1n) is 7.27. The van der Waals surface area contributed by atoms with Gasteiger partial charge >= 0.3 is 0 Å². The van der Waals surface area contributed by atoms with Gasteiger partial charge in [0.25, 0.3) is 5.91 Å². The molecule has 0 aliphatic heterocycles. The molecule has 0 radical (unpaired) electrons. The molecule has 1 amide bonds. The first-order chi connectivity index (χ1) is 11.7. The van der Waals surface area contributed by atoms with Gasteiger partial charge in [0.05, 0.1) is 16.0 Å². The Hall–Kier alpha value is -1.48. The summed E-state index contributed by atoms with van der Waals surface area (Å²) in [4.78, 5) is 13.7. The van der Waals surface area contributed by atoms with Crippen molar-refractivity contribution in [3.05, 3.63) is 43.8 Å². The molecule has 1 aromatic carbocycles. The Morgan fingerprint density at radius 1 is 1.36 bits per heavy atom. The van der Waals surface area contributed by atoms with Gasteiger partial charge in [0, 0.05) is 22.5 Å². The molecule has 1 N–H and O–H groups in total. The lowest BCUT2D eigenvalue weighted by Crippen LogP contribution is -2.23. The summed E-state index contributed by atoms with van der Waals surface area (Å²) in [5.41, 5.74) is 0.654. The molecule has 0 bridgehead atoms. The quantitative estimate of drug-likeness (QED) is 0.653. The third-order valence-corrected chi connectivity index (χ3v) is 7.39. The minimum absolute atomic E-state index is 0.0454. The van der Waals surface area contributed by atoms with Crippen LogP contribution in [0.3, 0.4) is 0 Å². The number of amides is 1. The molecule has 1 aromatic heterocycles. The third-order valence-electron chi connectivity index (χ3n) is 3.44. The molecule has 6 nitrogen and oxygen atoms in total. The highest BCUT2D eigenvalue weighted by Gasteiger charge is 2.21. The number of nitrogens with one attached hydrogen (secondary N) is 1. The number of hydrogen-bond acceptors (Lipinski definition) is 5. The molecule has 9 heteroatoms. The van der Waals surface area contributed by atoms with Crippen LogP contribution in [0, 0.1) is 14.9 Å². The van der Waals surface area contributed by atoms with Gasteiger partial charge in [0.15, 0.2) is 0 Å². The van der Waals surface area contributed by atoms with E-state index in [2.05, 4.69) is 11.4 Å². The zero-order valence-corrected chi connectivity index (χ0v) is 17.6. The van der Waals surface area contributed by atoms with Crippen LogP contribution in [0.2, 0.25) is 0 Å². The van der Waals surface area contributed by atoms with Crippen molar-refractivity contribution in [3.63, 3.8) is 0 Å². The van der Waals surface area contributed by atoms with Gasteiger partial charge in [-0.2, -0.15) is 5.26 Å². The number of carbonyl (C=O) groups excluding carboxylic acids is 1. The van der Waals surface area contributed by atoms with E-state index in [1.807, 2.05) is 29.5 Å². The van der Waals surface area contributed by atoms with Crippen LogP contribution in [0.1, 0.15) is 27.7 Å². The molecule has 0 fully saturated rings. The predicted octanol–water partition coefficient (Wildman–Crippen LogP) is 3.29. The van der Waals surface area contributed by atoms with Crippen molar-refractivity contribution in [2.45, 2.75) is 18.2 Å². The number of nitriles is 1. The number of aryl methyl sites for hydroxylation is 1. The van der Waals surface area contributed by atoms with Crippen molar-refractivity contribution in [1.82, 2.24) is 4.31 Å². The van der Waals surface area contributed by atoms with E-state index in [0.29, 0.717) is 14.1 Å². The lowest BCUT2D eigenvalue weighted by Gasteiger charge is -2.13. The lowest BCUT2D eigenvalue weighted by atomic mass is 10.2. The van der Waals surface area contributed by atoms with Gasteiger partial charge in [-0.25, -0.2) is 12.7 Å². The van der Waals surface area contributed by atoms with E-state index < -0.39 is 15.9 Å². The maximum absolute atomic E-state index is 12.6. The maximum atomic E-state index is 12.6. The molecule has 1 heterocycles. The summed E-state index contributed by atoms with van der Waals surface area (Å²) in [5.74, 6) is -0.443. The molecule has 2 aromatic rings. The summed E-state index contributed by atoms with van der Waals surface area (Å²) >= 11 is 3.32. The molecule has 132 valence electrons. The summed E-state index contributed by atoms with van der Waals surface area (Å²) in [7, 11) is -0.766. The molecule has 0 aliphatic rings. The molecular formula is C16H16IN3O3S2. The van der Waals surface area contributed by atoms with E-state index in [1.54, 1.807) is 12.1 Å². The van der Waals surface area contributed by atoms with Gasteiger partial charge < -0.3 is 5.32 Å². The number of halogens is 1. The highest BCUT2D eigenvalue weighted by atomic mass is 127. The fraction of sp³-hybridized carbons (Fsp3) is 0.250. The van der Waals surface area contributed by atoms with E-state index in [4.69, 9.17) is 0 Å². The fourth-order valence-electron chi connectivity index (χ4n) is 2.01. The van der Waals surface area contributed by atoms with Gasteiger partial charge in [0.2, 0.25) is 10.0 Å². The van der Waals surface area contributed by atoms with Crippen molar-refractivity contribution in [2.24, 2.45) is 0 Å². The minimum atomic E-state index is -3.63. The Morgan fingerprint density at radius 3 is 2.60 bits per heavy atom. The Labute approximate surface area is 164 Å². The molecule has 25 heavy (non-hydrogen) atoms. The maximum Gasteiger partial charge on any atom is 0.257 e. The summed E-state index contributed by atoms with van der Waals surface area (Å²) < 4.78 is 26.3. The zero-order valence-electron chi connectivity index (χ0n) is 13.8. The summed E-state index contributed by atoms with van der Waals surface area (Å²) in [6, 6.07) is 8.22. The third kappa shape index (κ3) is 4.20. The number of carbonyl (C=O) groups is 1. The van der Waals surface area contributed by atoms with E-state index in [9.17, 15) is 18.5 Å². The first kappa shape index (κ1) is 19.8. The normalized spacial score (nSPS) is 11.4. The van der Waals surface area contributed by atoms with E-state index in [1.165, 1.54) is 37.6 Å². The Balaban J connectivity index is 2.40. The summed E-state index contributed by atoms with van der Waals surface area (Å²) in [5, 5.41) is 12.4.